The Kier molecular flexibility index (Phi) is 6.32. The van der Waals surface area contributed by atoms with Crippen molar-refractivity contribution in [2.24, 2.45) is 5.92 Å². The Morgan fingerprint density at radius 2 is 1.84 bits per heavy atom. The molecule has 1 unspecified atom stereocenters. The van der Waals surface area contributed by atoms with Crippen LogP contribution in [-0.4, -0.2) is 55.5 Å². The fourth-order valence-electron chi connectivity index (χ4n) is 3.97. The van der Waals surface area contributed by atoms with Crippen molar-refractivity contribution in [3.8, 4) is 0 Å². The molecule has 0 radical (unpaired) electrons. The number of aryl methyl sites for hydroxylation is 1. The van der Waals surface area contributed by atoms with Gasteiger partial charge in [-0.1, -0.05) is 25.1 Å². The summed E-state index contributed by atoms with van der Waals surface area (Å²) in [6.45, 7) is 4.64. The van der Waals surface area contributed by atoms with E-state index in [9.17, 15) is 14.4 Å². The minimum absolute atomic E-state index is 0.0550. The number of nitrogens with zero attached hydrogens (tertiary/aromatic N) is 2. The lowest BCUT2D eigenvalue weighted by Crippen LogP contribution is -2.40. The van der Waals surface area contributed by atoms with Gasteiger partial charge in [-0.05, 0) is 42.3 Å². The fraction of sp³-hybridized carbons (Fsp3) is 0.375. The second-order valence-corrected chi connectivity index (χ2v) is 7.90. The molecule has 162 valence electrons. The minimum atomic E-state index is -0.433. The third-order valence-electron chi connectivity index (χ3n) is 5.83. The van der Waals surface area contributed by atoms with Gasteiger partial charge in [0.15, 0.2) is 0 Å². The largest absolute Gasteiger partial charge is 0.378 e. The molecule has 1 N–H and O–H groups in total. The highest BCUT2D eigenvalue weighted by Crippen LogP contribution is 2.26. The number of anilines is 2. The van der Waals surface area contributed by atoms with E-state index in [0.29, 0.717) is 44.1 Å². The number of hydrogen-bond acceptors (Lipinski definition) is 4. The first-order valence-corrected chi connectivity index (χ1v) is 10.7. The summed E-state index contributed by atoms with van der Waals surface area (Å²) in [5.41, 5.74) is 3.11. The highest BCUT2D eigenvalue weighted by Gasteiger charge is 2.35. The predicted molar refractivity (Wildman–Crippen MR) is 118 cm³/mol. The van der Waals surface area contributed by atoms with E-state index in [-0.39, 0.29) is 24.1 Å². The normalized spacial score (nSPS) is 18.9. The lowest BCUT2D eigenvalue weighted by atomic mass is 10.1. The van der Waals surface area contributed by atoms with Gasteiger partial charge in [-0.15, -0.1) is 0 Å². The molecule has 0 saturated carbocycles. The molecular formula is C24H27N3O4. The van der Waals surface area contributed by atoms with Gasteiger partial charge in [-0.2, -0.15) is 0 Å². The van der Waals surface area contributed by atoms with E-state index in [1.807, 2.05) is 24.3 Å². The van der Waals surface area contributed by atoms with Crippen molar-refractivity contribution in [1.29, 1.82) is 0 Å². The summed E-state index contributed by atoms with van der Waals surface area (Å²) >= 11 is 0. The van der Waals surface area contributed by atoms with E-state index in [1.54, 1.807) is 34.1 Å². The number of nitrogens with one attached hydrogen (secondary N) is 1. The molecule has 3 amide bonds. The van der Waals surface area contributed by atoms with Crippen LogP contribution in [-0.2, 0) is 20.7 Å². The number of carbonyl (C=O) groups is 3. The Hall–Kier alpha value is -3.19. The Bertz CT molecular complexity index is 967. The number of carbonyl (C=O) groups excluding carboxylic acids is 3. The van der Waals surface area contributed by atoms with E-state index in [0.717, 1.165) is 12.1 Å². The van der Waals surface area contributed by atoms with Gasteiger partial charge in [0.05, 0.1) is 19.1 Å². The van der Waals surface area contributed by atoms with Crippen LogP contribution in [0.1, 0.15) is 29.3 Å². The van der Waals surface area contributed by atoms with Crippen molar-refractivity contribution in [3.63, 3.8) is 0 Å². The standard InChI is InChI=1S/C24H27N3O4/c1-2-17-6-8-21(9-7-17)27-16-19(15-22(27)28)23(29)25-20-5-3-4-18(14-20)24(30)26-10-12-31-13-11-26/h3-9,14,19H,2,10-13,15-16H2,1H3,(H,25,29). The van der Waals surface area contributed by atoms with Crippen molar-refractivity contribution in [3.05, 3.63) is 59.7 Å². The molecule has 31 heavy (non-hydrogen) atoms. The van der Waals surface area contributed by atoms with Crippen LogP contribution in [0.15, 0.2) is 48.5 Å². The summed E-state index contributed by atoms with van der Waals surface area (Å²) in [5, 5.41) is 2.88. The van der Waals surface area contributed by atoms with E-state index >= 15 is 0 Å². The van der Waals surface area contributed by atoms with Crippen LogP contribution in [0.2, 0.25) is 0 Å². The smallest absolute Gasteiger partial charge is 0.254 e. The number of ether oxygens (including phenoxy) is 1. The molecule has 2 saturated heterocycles. The molecule has 4 rings (SSSR count). The Labute approximate surface area is 182 Å². The van der Waals surface area contributed by atoms with Crippen LogP contribution in [0.5, 0.6) is 0 Å². The molecule has 2 aromatic carbocycles. The Morgan fingerprint density at radius 3 is 2.55 bits per heavy atom. The predicted octanol–water partition coefficient (Wildman–Crippen LogP) is 2.71. The minimum Gasteiger partial charge on any atom is -0.378 e. The van der Waals surface area contributed by atoms with Crippen LogP contribution in [0, 0.1) is 5.92 Å². The maximum absolute atomic E-state index is 12.8. The van der Waals surface area contributed by atoms with Crippen molar-refractivity contribution < 1.29 is 19.1 Å². The van der Waals surface area contributed by atoms with Crippen molar-refractivity contribution >= 4 is 29.1 Å². The maximum Gasteiger partial charge on any atom is 0.254 e. The molecular weight excluding hydrogens is 394 g/mol. The Balaban J connectivity index is 1.40. The van der Waals surface area contributed by atoms with Crippen LogP contribution >= 0.6 is 0 Å². The molecule has 2 aromatic rings. The third kappa shape index (κ3) is 4.77. The van der Waals surface area contributed by atoms with Gasteiger partial charge in [0.2, 0.25) is 11.8 Å². The number of benzene rings is 2. The molecule has 7 heteroatoms. The fourth-order valence-corrected chi connectivity index (χ4v) is 3.97. The van der Waals surface area contributed by atoms with Gasteiger partial charge < -0.3 is 19.9 Å². The summed E-state index contributed by atoms with van der Waals surface area (Å²) < 4.78 is 5.30. The summed E-state index contributed by atoms with van der Waals surface area (Å²) in [6, 6.07) is 14.8. The van der Waals surface area contributed by atoms with Crippen molar-refractivity contribution in [2.75, 3.05) is 43.1 Å². The molecule has 0 aliphatic carbocycles. The monoisotopic (exact) mass is 421 g/mol. The molecule has 2 heterocycles. The first kappa shape index (κ1) is 21.1. The molecule has 1 atom stereocenters. The number of rotatable bonds is 5. The van der Waals surface area contributed by atoms with E-state index in [2.05, 4.69) is 12.2 Å². The zero-order valence-corrected chi connectivity index (χ0v) is 17.7. The average Bonchev–Trinajstić information content (AvgIpc) is 3.21. The summed E-state index contributed by atoms with van der Waals surface area (Å²) in [6.07, 6.45) is 1.11. The SMILES string of the molecule is CCc1ccc(N2CC(C(=O)Nc3cccc(C(=O)N4CCOCC4)c3)CC2=O)cc1. The second-order valence-electron chi connectivity index (χ2n) is 7.90. The van der Waals surface area contributed by atoms with Gasteiger partial charge in [0.1, 0.15) is 0 Å². The summed E-state index contributed by atoms with van der Waals surface area (Å²) in [7, 11) is 0. The van der Waals surface area contributed by atoms with Gasteiger partial charge in [-0.25, -0.2) is 0 Å². The van der Waals surface area contributed by atoms with Crippen molar-refractivity contribution in [2.45, 2.75) is 19.8 Å². The van der Waals surface area contributed by atoms with Gasteiger partial charge in [0, 0.05) is 43.0 Å². The van der Waals surface area contributed by atoms with Gasteiger partial charge in [0.25, 0.3) is 5.91 Å². The maximum atomic E-state index is 12.8. The zero-order chi connectivity index (χ0) is 21.8. The average molecular weight is 421 g/mol. The molecule has 2 aliphatic rings. The zero-order valence-electron chi connectivity index (χ0n) is 17.7. The topological polar surface area (TPSA) is 79.0 Å². The van der Waals surface area contributed by atoms with Crippen LogP contribution in [0.25, 0.3) is 0 Å². The molecule has 2 aliphatic heterocycles. The van der Waals surface area contributed by atoms with Gasteiger partial charge >= 0.3 is 0 Å². The van der Waals surface area contributed by atoms with E-state index < -0.39 is 5.92 Å². The summed E-state index contributed by atoms with van der Waals surface area (Å²) in [4.78, 5) is 41.4. The lowest BCUT2D eigenvalue weighted by molar-refractivity contribution is -0.122. The van der Waals surface area contributed by atoms with Crippen LogP contribution in [0.4, 0.5) is 11.4 Å². The first-order chi connectivity index (χ1) is 15.0. The highest BCUT2D eigenvalue weighted by molar-refractivity contribution is 6.04. The second kappa shape index (κ2) is 9.31. The first-order valence-electron chi connectivity index (χ1n) is 10.7. The molecule has 7 nitrogen and oxygen atoms in total. The molecule has 0 bridgehead atoms. The van der Waals surface area contributed by atoms with E-state index in [1.165, 1.54) is 5.56 Å². The van der Waals surface area contributed by atoms with Crippen LogP contribution in [0.3, 0.4) is 0 Å². The van der Waals surface area contributed by atoms with E-state index in [4.69, 9.17) is 4.74 Å². The third-order valence-corrected chi connectivity index (χ3v) is 5.83. The highest BCUT2D eigenvalue weighted by atomic mass is 16.5. The summed E-state index contributed by atoms with van der Waals surface area (Å²) in [5.74, 6) is -0.772. The van der Waals surface area contributed by atoms with Crippen molar-refractivity contribution in [1.82, 2.24) is 4.90 Å². The number of hydrogen-bond donors (Lipinski definition) is 1. The number of amides is 3. The number of morpholine rings is 1. The molecule has 2 fully saturated rings. The Morgan fingerprint density at radius 1 is 1.10 bits per heavy atom. The van der Waals surface area contributed by atoms with Gasteiger partial charge in [-0.3, -0.25) is 14.4 Å². The molecule has 0 aromatic heterocycles. The lowest BCUT2D eigenvalue weighted by Gasteiger charge is -2.27. The quantitative estimate of drug-likeness (QED) is 0.805. The molecule has 0 spiro atoms. The van der Waals surface area contributed by atoms with Crippen LogP contribution < -0.4 is 10.2 Å².